The van der Waals surface area contributed by atoms with Crippen LogP contribution < -0.4 is 5.32 Å². The summed E-state index contributed by atoms with van der Waals surface area (Å²) in [6.45, 7) is 6.86. The third-order valence-electron chi connectivity index (χ3n) is 4.11. The van der Waals surface area contributed by atoms with Crippen molar-refractivity contribution in [2.24, 2.45) is 11.8 Å². The number of carbonyl (C=O) groups is 1. The molecule has 0 saturated heterocycles. The summed E-state index contributed by atoms with van der Waals surface area (Å²) in [5, 5.41) is 3.05. The van der Waals surface area contributed by atoms with Crippen molar-refractivity contribution in [2.75, 3.05) is 0 Å². The Balaban J connectivity index is 1.96. The van der Waals surface area contributed by atoms with Crippen molar-refractivity contribution in [3.63, 3.8) is 0 Å². The third kappa shape index (κ3) is 4.20. The average Bonchev–Trinajstić information content (AvgIpc) is 2.54. The number of hydrogen-bond acceptors (Lipinski definition) is 1. The van der Waals surface area contributed by atoms with Gasteiger partial charge in [-0.1, -0.05) is 75.4 Å². The Bertz CT molecular complexity index is 587. The molecule has 0 aliphatic rings. The van der Waals surface area contributed by atoms with Crippen LogP contribution in [0.5, 0.6) is 0 Å². The summed E-state index contributed by atoms with van der Waals surface area (Å²) >= 11 is 0. The lowest BCUT2D eigenvalue weighted by Crippen LogP contribution is -2.32. The molecule has 0 radical (unpaired) electrons. The highest BCUT2D eigenvalue weighted by molar-refractivity contribution is 5.78. The maximum atomic E-state index is 12.2. The van der Waals surface area contributed by atoms with E-state index < -0.39 is 0 Å². The van der Waals surface area contributed by atoms with Gasteiger partial charge in [-0.3, -0.25) is 4.79 Å². The molecule has 0 saturated carbocycles. The van der Waals surface area contributed by atoms with E-state index in [1.165, 1.54) is 11.1 Å². The molecular formula is C20H25NO. The van der Waals surface area contributed by atoms with Crippen LogP contribution in [0.4, 0.5) is 0 Å². The quantitative estimate of drug-likeness (QED) is 0.825. The fourth-order valence-corrected chi connectivity index (χ4v) is 2.73. The van der Waals surface area contributed by atoms with Gasteiger partial charge in [0.05, 0.1) is 0 Å². The lowest BCUT2D eigenvalue weighted by Gasteiger charge is -2.18. The lowest BCUT2D eigenvalue weighted by atomic mass is 9.92. The number of carbonyl (C=O) groups excluding carboxylic acids is 1. The molecule has 2 nitrogen and oxygen atoms in total. The third-order valence-corrected chi connectivity index (χ3v) is 4.11. The molecule has 2 aromatic rings. The highest BCUT2D eigenvalue weighted by Gasteiger charge is 2.19. The van der Waals surface area contributed by atoms with Gasteiger partial charge in [-0.25, -0.2) is 0 Å². The molecule has 0 fully saturated rings. The monoisotopic (exact) mass is 295 g/mol. The SMILES string of the molecule is CCC(C(=O)NCc1ccc(-c2ccccc2)cc1)C(C)C. The summed E-state index contributed by atoms with van der Waals surface area (Å²) in [6, 6.07) is 18.7. The van der Waals surface area contributed by atoms with E-state index in [0.29, 0.717) is 12.5 Å². The molecule has 1 unspecified atom stereocenters. The van der Waals surface area contributed by atoms with Gasteiger partial charge in [-0.05, 0) is 29.0 Å². The maximum Gasteiger partial charge on any atom is 0.223 e. The minimum absolute atomic E-state index is 0.101. The molecule has 0 aromatic heterocycles. The Hall–Kier alpha value is -2.09. The normalized spacial score (nSPS) is 12.2. The van der Waals surface area contributed by atoms with Gasteiger partial charge in [-0.2, -0.15) is 0 Å². The van der Waals surface area contributed by atoms with Crippen LogP contribution in [-0.2, 0) is 11.3 Å². The van der Waals surface area contributed by atoms with Gasteiger partial charge in [0.2, 0.25) is 5.91 Å². The van der Waals surface area contributed by atoms with Gasteiger partial charge in [0.15, 0.2) is 0 Å². The molecule has 116 valence electrons. The van der Waals surface area contributed by atoms with Crippen LogP contribution >= 0.6 is 0 Å². The van der Waals surface area contributed by atoms with Crippen LogP contribution in [-0.4, -0.2) is 5.91 Å². The Morgan fingerprint density at radius 2 is 1.55 bits per heavy atom. The fourth-order valence-electron chi connectivity index (χ4n) is 2.73. The first-order chi connectivity index (χ1) is 10.6. The average molecular weight is 295 g/mol. The molecule has 0 heterocycles. The van der Waals surface area contributed by atoms with E-state index in [2.05, 4.69) is 62.5 Å². The minimum atomic E-state index is 0.101. The van der Waals surface area contributed by atoms with Crippen molar-refractivity contribution < 1.29 is 4.79 Å². The van der Waals surface area contributed by atoms with E-state index >= 15 is 0 Å². The molecule has 0 aliphatic carbocycles. The standard InChI is InChI=1S/C20H25NO/c1-4-19(15(2)3)20(22)21-14-16-10-12-18(13-11-16)17-8-6-5-7-9-17/h5-13,15,19H,4,14H2,1-3H3,(H,21,22). The number of amides is 1. The molecule has 2 aromatic carbocycles. The van der Waals surface area contributed by atoms with E-state index in [1.54, 1.807) is 0 Å². The molecule has 0 bridgehead atoms. The van der Waals surface area contributed by atoms with E-state index in [4.69, 9.17) is 0 Å². The summed E-state index contributed by atoms with van der Waals surface area (Å²) in [4.78, 5) is 12.2. The Morgan fingerprint density at radius 1 is 0.955 bits per heavy atom. The predicted molar refractivity (Wildman–Crippen MR) is 92.3 cm³/mol. The summed E-state index contributed by atoms with van der Waals surface area (Å²) in [5.74, 6) is 0.638. The van der Waals surface area contributed by atoms with Crippen LogP contribution in [0.25, 0.3) is 11.1 Å². The van der Waals surface area contributed by atoms with Crippen molar-refractivity contribution in [1.82, 2.24) is 5.32 Å². The number of rotatable bonds is 6. The van der Waals surface area contributed by atoms with Crippen molar-refractivity contribution >= 4 is 5.91 Å². The van der Waals surface area contributed by atoms with Crippen molar-refractivity contribution in [1.29, 1.82) is 0 Å². The first-order valence-corrected chi connectivity index (χ1v) is 8.04. The van der Waals surface area contributed by atoms with Crippen LogP contribution in [0, 0.1) is 11.8 Å². The molecule has 1 amide bonds. The number of nitrogens with one attached hydrogen (secondary N) is 1. The molecule has 2 rings (SSSR count). The van der Waals surface area contributed by atoms with E-state index in [1.807, 2.05) is 18.2 Å². The van der Waals surface area contributed by atoms with Crippen LogP contribution in [0.1, 0.15) is 32.8 Å². The second-order valence-electron chi connectivity index (χ2n) is 6.04. The first kappa shape index (κ1) is 16.3. The molecule has 0 spiro atoms. The molecular weight excluding hydrogens is 270 g/mol. The summed E-state index contributed by atoms with van der Waals surface area (Å²) in [5.41, 5.74) is 3.54. The lowest BCUT2D eigenvalue weighted by molar-refractivity contribution is -0.126. The maximum absolute atomic E-state index is 12.2. The van der Waals surface area contributed by atoms with Gasteiger partial charge in [0.1, 0.15) is 0 Å². The zero-order chi connectivity index (χ0) is 15.9. The van der Waals surface area contributed by atoms with Crippen LogP contribution in [0.15, 0.2) is 54.6 Å². The highest BCUT2D eigenvalue weighted by atomic mass is 16.1. The first-order valence-electron chi connectivity index (χ1n) is 8.04. The Kier molecular flexibility index (Phi) is 5.76. The van der Waals surface area contributed by atoms with E-state index in [9.17, 15) is 4.79 Å². The van der Waals surface area contributed by atoms with Crippen molar-refractivity contribution in [2.45, 2.75) is 33.7 Å². The van der Waals surface area contributed by atoms with Crippen LogP contribution in [0.2, 0.25) is 0 Å². The minimum Gasteiger partial charge on any atom is -0.352 e. The summed E-state index contributed by atoms with van der Waals surface area (Å²) in [7, 11) is 0. The molecule has 1 atom stereocenters. The van der Waals surface area contributed by atoms with E-state index in [-0.39, 0.29) is 11.8 Å². The fraction of sp³-hybridized carbons (Fsp3) is 0.350. The van der Waals surface area contributed by atoms with Crippen molar-refractivity contribution in [3.05, 3.63) is 60.2 Å². The van der Waals surface area contributed by atoms with Gasteiger partial charge in [0, 0.05) is 12.5 Å². The summed E-state index contributed by atoms with van der Waals surface area (Å²) < 4.78 is 0. The molecule has 1 N–H and O–H groups in total. The molecule has 2 heteroatoms. The topological polar surface area (TPSA) is 29.1 Å². The van der Waals surface area contributed by atoms with Gasteiger partial charge < -0.3 is 5.32 Å². The highest BCUT2D eigenvalue weighted by Crippen LogP contribution is 2.19. The van der Waals surface area contributed by atoms with Crippen molar-refractivity contribution in [3.8, 4) is 11.1 Å². The molecule has 22 heavy (non-hydrogen) atoms. The smallest absolute Gasteiger partial charge is 0.223 e. The summed E-state index contributed by atoms with van der Waals surface area (Å²) in [6.07, 6.45) is 0.885. The zero-order valence-corrected chi connectivity index (χ0v) is 13.7. The largest absolute Gasteiger partial charge is 0.352 e. The zero-order valence-electron chi connectivity index (χ0n) is 13.7. The van der Waals surface area contributed by atoms with Gasteiger partial charge in [-0.15, -0.1) is 0 Å². The number of benzene rings is 2. The van der Waals surface area contributed by atoms with Gasteiger partial charge >= 0.3 is 0 Å². The Labute approximate surface area is 133 Å². The second kappa shape index (κ2) is 7.79. The van der Waals surface area contributed by atoms with Crippen LogP contribution in [0.3, 0.4) is 0 Å². The number of hydrogen-bond donors (Lipinski definition) is 1. The second-order valence-corrected chi connectivity index (χ2v) is 6.04. The van der Waals surface area contributed by atoms with Gasteiger partial charge in [0.25, 0.3) is 0 Å². The van der Waals surface area contributed by atoms with E-state index in [0.717, 1.165) is 12.0 Å². The predicted octanol–water partition coefficient (Wildman–Crippen LogP) is 4.65. The molecule has 0 aliphatic heterocycles. The Morgan fingerprint density at radius 3 is 2.09 bits per heavy atom.